The monoisotopic (exact) mass is 476 g/mol. The molecule has 0 saturated carbocycles. The van der Waals surface area contributed by atoms with Gasteiger partial charge in [0.1, 0.15) is 17.6 Å². The van der Waals surface area contributed by atoms with Gasteiger partial charge in [-0.05, 0) is 36.8 Å². The van der Waals surface area contributed by atoms with Crippen LogP contribution in [0.5, 0.6) is 0 Å². The maximum atomic E-state index is 13.0. The van der Waals surface area contributed by atoms with Crippen LogP contribution in [0.25, 0.3) is 0 Å². The van der Waals surface area contributed by atoms with E-state index in [0.29, 0.717) is 12.2 Å². The lowest BCUT2D eigenvalue weighted by Gasteiger charge is -2.44. The Bertz CT molecular complexity index is 1070. The fourth-order valence-electron chi connectivity index (χ4n) is 4.00. The highest BCUT2D eigenvalue weighted by molar-refractivity contribution is 7.99. The van der Waals surface area contributed by atoms with Crippen LogP contribution in [-0.2, 0) is 25.6 Å². The molecule has 0 amide bonds. The third-order valence-corrected chi connectivity index (χ3v) is 6.97. The van der Waals surface area contributed by atoms with Crippen molar-refractivity contribution in [1.29, 1.82) is 0 Å². The van der Waals surface area contributed by atoms with Crippen LogP contribution in [0.2, 0.25) is 0 Å². The van der Waals surface area contributed by atoms with E-state index in [1.165, 1.54) is 18.7 Å². The fraction of sp³-hybridized carbons (Fsp3) is 0.286. The number of esters is 1. The van der Waals surface area contributed by atoms with E-state index in [2.05, 4.69) is 0 Å². The van der Waals surface area contributed by atoms with Gasteiger partial charge in [-0.1, -0.05) is 85.4 Å². The molecule has 5 nitrogen and oxygen atoms in total. The van der Waals surface area contributed by atoms with E-state index < -0.39 is 29.7 Å². The average Bonchev–Trinajstić information content (AvgIpc) is 2.87. The molecule has 1 aliphatic heterocycles. The van der Waals surface area contributed by atoms with Gasteiger partial charge >= 0.3 is 5.97 Å². The molecular weight excluding hydrogens is 448 g/mol. The molecule has 0 aliphatic carbocycles. The third-order valence-electron chi connectivity index (χ3n) is 5.82. The molecule has 4 rings (SSSR count). The molecule has 34 heavy (non-hydrogen) atoms. The Morgan fingerprint density at radius 1 is 0.853 bits per heavy atom. The Kier molecular flexibility index (Phi) is 8.16. The molecule has 1 heterocycles. The summed E-state index contributed by atoms with van der Waals surface area (Å²) >= 11 is 1.44. The average molecular weight is 477 g/mol. The molecule has 1 saturated heterocycles. The lowest BCUT2D eigenvalue weighted by molar-refractivity contribution is -0.192. The second-order valence-electron chi connectivity index (χ2n) is 8.32. The van der Waals surface area contributed by atoms with Crippen LogP contribution in [0.4, 0.5) is 0 Å². The summed E-state index contributed by atoms with van der Waals surface area (Å²) in [4.78, 5) is 26.5. The van der Waals surface area contributed by atoms with Gasteiger partial charge in [-0.15, -0.1) is 0 Å². The van der Waals surface area contributed by atoms with E-state index in [1.54, 1.807) is 24.3 Å². The first-order chi connectivity index (χ1) is 16.5. The van der Waals surface area contributed by atoms with Crippen LogP contribution < -0.4 is 0 Å². The van der Waals surface area contributed by atoms with Gasteiger partial charge in [-0.3, -0.25) is 4.79 Å². The van der Waals surface area contributed by atoms with Gasteiger partial charge in [0, 0.05) is 10.8 Å². The van der Waals surface area contributed by atoms with Crippen LogP contribution in [0.3, 0.4) is 0 Å². The van der Waals surface area contributed by atoms with Gasteiger partial charge < -0.3 is 14.2 Å². The molecule has 0 bridgehead atoms. The van der Waals surface area contributed by atoms with Gasteiger partial charge in [0.25, 0.3) is 0 Å². The second kappa shape index (κ2) is 11.5. The molecule has 1 fully saturated rings. The van der Waals surface area contributed by atoms with Gasteiger partial charge in [0.05, 0.1) is 18.3 Å². The van der Waals surface area contributed by atoms with Crippen LogP contribution >= 0.6 is 11.8 Å². The van der Waals surface area contributed by atoms with Crippen molar-refractivity contribution in [3.63, 3.8) is 0 Å². The predicted molar refractivity (Wildman–Crippen MR) is 131 cm³/mol. The third kappa shape index (κ3) is 5.95. The summed E-state index contributed by atoms with van der Waals surface area (Å²) in [5.41, 5.74) is 0.903. The molecule has 176 valence electrons. The van der Waals surface area contributed by atoms with Crippen LogP contribution in [0.15, 0.2) is 95.9 Å². The van der Waals surface area contributed by atoms with Crippen LogP contribution in [-0.4, -0.2) is 35.5 Å². The topological polar surface area (TPSA) is 61.8 Å². The number of benzene rings is 3. The molecule has 1 aliphatic rings. The summed E-state index contributed by atoms with van der Waals surface area (Å²) in [6.07, 6.45) is -1.93. The fourth-order valence-corrected chi connectivity index (χ4v) is 5.19. The highest BCUT2D eigenvalue weighted by atomic mass is 32.2. The van der Waals surface area contributed by atoms with Crippen molar-refractivity contribution < 1.29 is 23.8 Å². The number of hydrogen-bond acceptors (Lipinski definition) is 6. The number of rotatable bonds is 8. The van der Waals surface area contributed by atoms with Gasteiger partial charge in [0.2, 0.25) is 0 Å². The maximum Gasteiger partial charge on any atom is 0.338 e. The molecule has 3 aromatic carbocycles. The van der Waals surface area contributed by atoms with Crippen molar-refractivity contribution in [3.8, 4) is 0 Å². The second-order valence-corrected chi connectivity index (χ2v) is 9.49. The Balaban J connectivity index is 1.59. The van der Waals surface area contributed by atoms with Gasteiger partial charge in [-0.25, -0.2) is 4.79 Å². The highest BCUT2D eigenvalue weighted by Crippen LogP contribution is 2.39. The first kappa shape index (κ1) is 24.2. The van der Waals surface area contributed by atoms with Crippen molar-refractivity contribution in [2.45, 2.75) is 49.1 Å². The largest absolute Gasteiger partial charge is 0.455 e. The van der Waals surface area contributed by atoms with E-state index in [-0.39, 0.29) is 11.7 Å². The minimum atomic E-state index is -0.758. The summed E-state index contributed by atoms with van der Waals surface area (Å²) < 4.78 is 18.5. The minimum Gasteiger partial charge on any atom is -0.455 e. The zero-order valence-electron chi connectivity index (χ0n) is 19.2. The lowest BCUT2D eigenvalue weighted by Crippen LogP contribution is -2.56. The number of thioether (sulfide) groups is 1. The van der Waals surface area contributed by atoms with Crippen molar-refractivity contribution >= 4 is 23.5 Å². The SMILES string of the molecule is CC(=O)C1O[C@@H](Sc2ccccc2)C(OC(=O)c2ccccc2)[C@@H](C)[C@H]1OCc1ccccc1. The van der Waals surface area contributed by atoms with E-state index in [0.717, 1.165) is 10.5 Å². The standard InChI is InChI=1S/C28H28O5S/c1-19-24(31-18-21-12-6-3-7-13-21)26(20(2)29)33-28(34-23-16-10-5-11-17-23)25(19)32-27(30)22-14-8-4-9-15-22/h3-17,19,24-26,28H,18H2,1-2H3/t19-,24+,25?,26?,28-/m0/s1. The Morgan fingerprint density at radius 3 is 2.06 bits per heavy atom. The summed E-state index contributed by atoms with van der Waals surface area (Å²) in [6.45, 7) is 3.80. The first-order valence-electron chi connectivity index (χ1n) is 11.3. The number of carbonyl (C=O) groups is 2. The van der Waals surface area contributed by atoms with E-state index in [9.17, 15) is 9.59 Å². The summed E-state index contributed by atoms with van der Waals surface area (Å²) in [6, 6.07) is 28.4. The number of ketones is 1. The zero-order valence-corrected chi connectivity index (χ0v) is 20.0. The van der Waals surface area contributed by atoms with E-state index in [1.807, 2.05) is 73.7 Å². The highest BCUT2D eigenvalue weighted by Gasteiger charge is 2.48. The zero-order chi connectivity index (χ0) is 23.9. The molecule has 2 unspecified atom stereocenters. The summed E-state index contributed by atoms with van der Waals surface area (Å²) in [5, 5.41) is 0. The van der Waals surface area contributed by atoms with E-state index >= 15 is 0 Å². The molecule has 0 spiro atoms. The molecule has 0 aromatic heterocycles. The number of hydrogen-bond donors (Lipinski definition) is 0. The normalized spacial score (nSPS) is 24.4. The summed E-state index contributed by atoms with van der Waals surface area (Å²) in [7, 11) is 0. The van der Waals surface area contributed by atoms with Crippen molar-refractivity contribution in [2.24, 2.45) is 5.92 Å². The van der Waals surface area contributed by atoms with Crippen molar-refractivity contribution in [2.75, 3.05) is 0 Å². The van der Waals surface area contributed by atoms with Gasteiger partial charge in [0.15, 0.2) is 5.78 Å². The number of Topliss-reactive ketones (excluding diaryl/α,β-unsaturated/α-hetero) is 1. The van der Waals surface area contributed by atoms with Crippen LogP contribution in [0, 0.1) is 5.92 Å². The molecule has 0 radical (unpaired) electrons. The first-order valence-corrected chi connectivity index (χ1v) is 12.2. The minimum absolute atomic E-state index is 0.114. The maximum absolute atomic E-state index is 13.0. The van der Waals surface area contributed by atoms with Crippen molar-refractivity contribution in [3.05, 3.63) is 102 Å². The van der Waals surface area contributed by atoms with Crippen molar-refractivity contribution in [1.82, 2.24) is 0 Å². The summed E-state index contributed by atoms with van der Waals surface area (Å²) in [5.74, 6) is -0.820. The molecule has 0 N–H and O–H groups in total. The Morgan fingerprint density at radius 2 is 1.44 bits per heavy atom. The Hall–Kier alpha value is -2.93. The van der Waals surface area contributed by atoms with Crippen LogP contribution in [0.1, 0.15) is 29.8 Å². The molecule has 3 aromatic rings. The smallest absolute Gasteiger partial charge is 0.338 e. The number of ether oxygens (including phenoxy) is 3. The molecule has 5 atom stereocenters. The predicted octanol–water partition coefficient (Wildman–Crippen LogP) is 5.54. The Labute approximate surface area is 204 Å². The van der Waals surface area contributed by atoms with Gasteiger partial charge in [-0.2, -0.15) is 0 Å². The lowest BCUT2D eigenvalue weighted by atomic mass is 9.89. The van der Waals surface area contributed by atoms with E-state index in [4.69, 9.17) is 14.2 Å². The number of carbonyl (C=O) groups excluding carboxylic acids is 2. The molecule has 6 heteroatoms. The molecular formula is C28H28O5S. The quantitative estimate of drug-likeness (QED) is 0.398.